The van der Waals surface area contributed by atoms with Gasteiger partial charge in [0.25, 0.3) is 10.0 Å². The molecule has 10 nitrogen and oxygen atoms in total. The minimum Gasteiger partial charge on any atom is -0.454 e. The van der Waals surface area contributed by atoms with E-state index in [2.05, 4.69) is 9.44 Å². The number of anilines is 3. The molecule has 0 amide bonds. The Hall–Kier alpha value is -4.85. The van der Waals surface area contributed by atoms with E-state index in [9.17, 15) is 21.2 Å². The van der Waals surface area contributed by atoms with Crippen LogP contribution in [0.4, 0.5) is 21.5 Å². The molecule has 2 N–H and O–H groups in total. The Kier molecular flexibility index (Phi) is 8.12. The minimum atomic E-state index is -4.17. The summed E-state index contributed by atoms with van der Waals surface area (Å²) in [4.78, 5) is 3.80. The van der Waals surface area contributed by atoms with Crippen LogP contribution in [0, 0.1) is 5.82 Å². The summed E-state index contributed by atoms with van der Waals surface area (Å²) in [7, 11) is -8.22. The molecule has 0 atom stereocenters. The lowest BCUT2D eigenvalue weighted by molar-refractivity contribution is 0.174. The van der Waals surface area contributed by atoms with Crippen molar-refractivity contribution in [1.82, 2.24) is 4.72 Å². The highest BCUT2D eigenvalue weighted by Gasteiger charge is 2.27. The van der Waals surface area contributed by atoms with Gasteiger partial charge >= 0.3 is 0 Å². The van der Waals surface area contributed by atoms with Crippen molar-refractivity contribution in [3.05, 3.63) is 115 Å². The summed E-state index contributed by atoms with van der Waals surface area (Å²) >= 11 is 0. The van der Waals surface area contributed by atoms with Crippen LogP contribution in [0.5, 0.6) is 11.5 Å². The van der Waals surface area contributed by atoms with Gasteiger partial charge in [0.1, 0.15) is 10.7 Å². The second-order valence-corrected chi connectivity index (χ2v) is 14.7. The summed E-state index contributed by atoms with van der Waals surface area (Å²) in [5, 5.41) is 1.66. The van der Waals surface area contributed by atoms with Gasteiger partial charge in [0.15, 0.2) is 11.5 Å². The Morgan fingerprint density at radius 2 is 1.36 bits per heavy atom. The van der Waals surface area contributed by atoms with Crippen molar-refractivity contribution in [2.24, 2.45) is 0 Å². The number of ether oxygens (including phenoxy) is 2. The van der Waals surface area contributed by atoms with Gasteiger partial charge in [0, 0.05) is 32.7 Å². The van der Waals surface area contributed by atoms with Gasteiger partial charge in [0.05, 0.1) is 22.0 Å². The Bertz CT molecular complexity index is 2190. The van der Waals surface area contributed by atoms with Crippen molar-refractivity contribution in [2.75, 3.05) is 47.5 Å². The van der Waals surface area contributed by atoms with Crippen molar-refractivity contribution in [2.45, 2.75) is 16.3 Å². The normalized spacial score (nSPS) is 14.8. The fraction of sp³-hybridized carbons (Fsp3) is 0.176. The quantitative estimate of drug-likeness (QED) is 0.216. The number of hydrogen-bond acceptors (Lipinski definition) is 8. The van der Waals surface area contributed by atoms with E-state index in [0.717, 1.165) is 10.8 Å². The number of rotatable bonds is 9. The molecule has 0 radical (unpaired) electrons. The summed E-state index contributed by atoms with van der Waals surface area (Å²) < 4.78 is 85.2. The maximum absolute atomic E-state index is 14.5. The third-order valence-corrected chi connectivity index (χ3v) is 11.1. The molecule has 13 heteroatoms. The number of piperazine rings is 1. The number of nitrogens with zero attached hydrogens (tertiary/aromatic N) is 2. The smallest absolute Gasteiger partial charge is 0.261 e. The molecule has 2 aliphatic rings. The van der Waals surface area contributed by atoms with Gasteiger partial charge in [-0.2, -0.15) is 0 Å². The van der Waals surface area contributed by atoms with Crippen molar-refractivity contribution in [3.8, 4) is 11.5 Å². The number of para-hydroxylation sites is 1. The van der Waals surface area contributed by atoms with Crippen molar-refractivity contribution in [3.63, 3.8) is 0 Å². The van der Waals surface area contributed by atoms with Gasteiger partial charge in [0.2, 0.25) is 16.8 Å². The Morgan fingerprint density at radius 3 is 2.15 bits per heavy atom. The number of halogens is 1. The van der Waals surface area contributed by atoms with Crippen LogP contribution in [-0.2, 0) is 26.6 Å². The third-order valence-electron chi connectivity index (χ3n) is 8.25. The van der Waals surface area contributed by atoms with Gasteiger partial charge in [-0.05, 0) is 70.9 Å². The number of fused-ring (bicyclic) bond motifs is 2. The first-order chi connectivity index (χ1) is 22.7. The first-order valence-corrected chi connectivity index (χ1v) is 17.9. The molecule has 5 aromatic rings. The number of benzene rings is 5. The highest BCUT2D eigenvalue weighted by molar-refractivity contribution is 7.92. The first-order valence-electron chi connectivity index (χ1n) is 14.9. The molecule has 0 aliphatic carbocycles. The summed E-state index contributed by atoms with van der Waals surface area (Å²) in [6, 6.07) is 28.4. The summed E-state index contributed by atoms with van der Waals surface area (Å²) in [5.74, 6) is 0.792. The summed E-state index contributed by atoms with van der Waals surface area (Å²) in [5.41, 5.74) is 1.65. The average molecular weight is 675 g/mol. The fourth-order valence-electron chi connectivity index (χ4n) is 5.81. The zero-order valence-electron chi connectivity index (χ0n) is 25.1. The van der Waals surface area contributed by atoms with Gasteiger partial charge < -0.3 is 19.3 Å². The SMILES string of the molecule is O=S(=O)(Nc1ccc(N2CCN(c3ccccc3F)CC2)c(S(=O)(=O)NCc2ccc3c(c2)OCO3)c1)c1ccc2ccccc2c1. The van der Waals surface area contributed by atoms with Crippen LogP contribution in [0.2, 0.25) is 0 Å². The van der Waals surface area contributed by atoms with Crippen LogP contribution in [-0.4, -0.2) is 49.8 Å². The van der Waals surface area contributed by atoms with Gasteiger partial charge in [-0.3, -0.25) is 4.72 Å². The highest BCUT2D eigenvalue weighted by atomic mass is 32.2. The summed E-state index contributed by atoms with van der Waals surface area (Å²) in [6.07, 6.45) is 0. The van der Waals surface area contributed by atoms with Crippen LogP contribution >= 0.6 is 0 Å². The molecule has 5 aromatic carbocycles. The zero-order valence-corrected chi connectivity index (χ0v) is 26.7. The second-order valence-electron chi connectivity index (χ2n) is 11.2. The molecule has 0 unspecified atom stereocenters. The third kappa shape index (κ3) is 6.42. The lowest BCUT2D eigenvalue weighted by Gasteiger charge is -2.38. The molecule has 7 rings (SSSR count). The largest absolute Gasteiger partial charge is 0.454 e. The Morgan fingerprint density at radius 1 is 0.660 bits per heavy atom. The van der Waals surface area contributed by atoms with E-state index in [1.807, 2.05) is 34.1 Å². The van der Waals surface area contributed by atoms with Gasteiger partial charge in [-0.15, -0.1) is 0 Å². The molecule has 0 bridgehead atoms. The maximum atomic E-state index is 14.5. The molecule has 0 spiro atoms. The molecule has 0 aromatic heterocycles. The Labute approximate surface area is 272 Å². The molecule has 2 aliphatic heterocycles. The van der Waals surface area contributed by atoms with E-state index >= 15 is 0 Å². The molecule has 1 fully saturated rings. The predicted octanol–water partition coefficient (Wildman–Crippen LogP) is 5.31. The van der Waals surface area contributed by atoms with Gasteiger partial charge in [-0.1, -0.05) is 48.5 Å². The van der Waals surface area contributed by atoms with Crippen LogP contribution in [0.15, 0.2) is 113 Å². The van der Waals surface area contributed by atoms with Crippen LogP contribution in [0.3, 0.4) is 0 Å². The van der Waals surface area contributed by atoms with Gasteiger partial charge in [-0.25, -0.2) is 25.9 Å². The number of nitrogens with one attached hydrogen (secondary N) is 2. The molecule has 2 heterocycles. The first kappa shape index (κ1) is 30.8. The molecular weight excluding hydrogens is 644 g/mol. The second kappa shape index (κ2) is 12.4. The number of hydrogen-bond donors (Lipinski definition) is 2. The van der Waals surface area contributed by atoms with E-state index in [1.54, 1.807) is 60.7 Å². The Balaban J connectivity index is 1.18. The maximum Gasteiger partial charge on any atom is 0.261 e. The zero-order chi connectivity index (χ0) is 32.6. The molecular formula is C34H31FN4O6S2. The predicted molar refractivity (Wildman–Crippen MR) is 179 cm³/mol. The summed E-state index contributed by atoms with van der Waals surface area (Å²) in [6.45, 7) is 1.82. The number of sulfonamides is 2. The fourth-order valence-corrected chi connectivity index (χ4v) is 8.16. The minimum absolute atomic E-state index is 0.0352. The molecule has 0 saturated carbocycles. The average Bonchev–Trinajstić information content (AvgIpc) is 3.56. The van der Waals surface area contributed by atoms with Crippen LogP contribution < -0.4 is 28.7 Å². The van der Waals surface area contributed by atoms with E-state index in [1.165, 1.54) is 18.2 Å². The lowest BCUT2D eigenvalue weighted by atomic mass is 10.1. The monoisotopic (exact) mass is 674 g/mol. The molecule has 1 saturated heterocycles. The van der Waals surface area contributed by atoms with Crippen molar-refractivity contribution >= 4 is 47.9 Å². The van der Waals surface area contributed by atoms with Crippen molar-refractivity contribution in [1.29, 1.82) is 0 Å². The van der Waals surface area contributed by atoms with E-state index in [4.69, 9.17) is 9.47 Å². The van der Waals surface area contributed by atoms with E-state index < -0.39 is 20.0 Å². The molecule has 47 heavy (non-hydrogen) atoms. The van der Waals surface area contributed by atoms with E-state index in [-0.39, 0.29) is 34.6 Å². The van der Waals surface area contributed by atoms with Crippen LogP contribution in [0.25, 0.3) is 10.8 Å². The van der Waals surface area contributed by atoms with Crippen LogP contribution in [0.1, 0.15) is 5.56 Å². The molecule has 242 valence electrons. The van der Waals surface area contributed by atoms with E-state index in [0.29, 0.717) is 54.6 Å². The van der Waals surface area contributed by atoms with Crippen molar-refractivity contribution < 1.29 is 30.7 Å². The standard InChI is InChI=1S/C34H31FN4O6S2/c35-29-7-3-4-8-30(29)38-15-17-39(18-16-38)31-13-11-27(37-46(40,41)28-12-10-25-5-1-2-6-26(25)20-28)21-34(31)47(42,43)36-22-24-9-14-32-33(19-24)45-23-44-32/h1-14,19-21,36-37H,15-18,22-23H2. The topological polar surface area (TPSA) is 117 Å². The highest BCUT2D eigenvalue weighted by Crippen LogP contribution is 2.34. The lowest BCUT2D eigenvalue weighted by Crippen LogP contribution is -2.47.